The van der Waals surface area contributed by atoms with Gasteiger partial charge in [0, 0.05) is 6.54 Å². The molecule has 5 nitrogen and oxygen atoms in total. The molecule has 0 unspecified atom stereocenters. The zero-order valence-corrected chi connectivity index (χ0v) is 19.4. The van der Waals surface area contributed by atoms with Crippen molar-refractivity contribution in [3.05, 3.63) is 87.4 Å². The maximum Gasteiger partial charge on any atom is 0.238 e. The quantitative estimate of drug-likeness (QED) is 0.509. The van der Waals surface area contributed by atoms with Gasteiger partial charge in [0.05, 0.1) is 42.5 Å². The van der Waals surface area contributed by atoms with Gasteiger partial charge in [-0.2, -0.15) is 0 Å². The van der Waals surface area contributed by atoms with Crippen LogP contribution in [0.15, 0.2) is 60.7 Å². The molecule has 1 heterocycles. The first-order chi connectivity index (χ1) is 15.5. The molecule has 1 N–H and O–H groups in total. The number of fused-ring (bicyclic) bond motifs is 1. The van der Waals surface area contributed by atoms with E-state index in [4.69, 9.17) is 32.7 Å². The van der Waals surface area contributed by atoms with Crippen LogP contribution in [0.3, 0.4) is 0 Å². The Balaban J connectivity index is 1.67. The van der Waals surface area contributed by atoms with Crippen molar-refractivity contribution in [3.63, 3.8) is 0 Å². The van der Waals surface area contributed by atoms with Gasteiger partial charge in [-0.25, -0.2) is 0 Å². The number of halogens is 2. The molecule has 0 fully saturated rings. The number of methoxy groups -OCH3 is 2. The maximum atomic E-state index is 13.0. The smallest absolute Gasteiger partial charge is 0.238 e. The van der Waals surface area contributed by atoms with Crippen molar-refractivity contribution < 1.29 is 14.3 Å². The van der Waals surface area contributed by atoms with Crippen molar-refractivity contribution in [1.82, 2.24) is 4.90 Å². The molecule has 3 aromatic carbocycles. The van der Waals surface area contributed by atoms with E-state index >= 15 is 0 Å². The summed E-state index contributed by atoms with van der Waals surface area (Å²) in [6.07, 6.45) is 0.791. The summed E-state index contributed by atoms with van der Waals surface area (Å²) in [4.78, 5) is 15.1. The van der Waals surface area contributed by atoms with E-state index in [0.717, 1.165) is 17.5 Å². The lowest BCUT2D eigenvalue weighted by atomic mass is 9.87. The lowest BCUT2D eigenvalue weighted by Crippen LogP contribution is -2.41. The topological polar surface area (TPSA) is 50.8 Å². The Hall–Kier alpha value is -2.73. The normalized spacial score (nSPS) is 15.7. The monoisotopic (exact) mass is 470 g/mol. The number of rotatable bonds is 6. The number of nitrogens with zero attached hydrogens (tertiary/aromatic N) is 1. The second kappa shape index (κ2) is 9.82. The van der Waals surface area contributed by atoms with E-state index in [2.05, 4.69) is 22.3 Å². The largest absolute Gasteiger partial charge is 0.493 e. The first kappa shape index (κ1) is 22.5. The number of nitrogens with one attached hydrogen (secondary N) is 1. The molecule has 32 heavy (non-hydrogen) atoms. The van der Waals surface area contributed by atoms with E-state index in [9.17, 15) is 4.79 Å². The lowest BCUT2D eigenvalue weighted by Gasteiger charge is -2.37. The van der Waals surface area contributed by atoms with Gasteiger partial charge in [0.15, 0.2) is 11.5 Å². The molecule has 0 aromatic heterocycles. The number of amides is 1. The second-order valence-corrected chi connectivity index (χ2v) is 8.40. The number of carbonyl (C=O) groups is 1. The van der Waals surface area contributed by atoms with Crippen molar-refractivity contribution in [2.45, 2.75) is 12.5 Å². The number of carbonyl (C=O) groups excluding carboxylic acids is 1. The Kier molecular flexibility index (Phi) is 6.89. The maximum absolute atomic E-state index is 13.0. The van der Waals surface area contributed by atoms with Crippen molar-refractivity contribution in [2.75, 3.05) is 32.6 Å². The van der Waals surface area contributed by atoms with Gasteiger partial charge in [0.25, 0.3) is 0 Å². The standard InChI is InChI=1S/C25H24Cl2N2O3/c1-31-21-13-17-11-12-29(15-23(30)28-24-19(26)9-6-10-20(24)27)25(16-7-4-3-5-8-16)18(17)14-22(21)32-2/h3-10,13-14,25H,11-12,15H2,1-2H3,(H,28,30)/t25-/m1/s1. The van der Waals surface area contributed by atoms with Crippen LogP contribution in [-0.4, -0.2) is 38.1 Å². The van der Waals surface area contributed by atoms with Gasteiger partial charge in [0.2, 0.25) is 5.91 Å². The van der Waals surface area contributed by atoms with E-state index < -0.39 is 0 Å². The van der Waals surface area contributed by atoms with Gasteiger partial charge < -0.3 is 14.8 Å². The molecule has 7 heteroatoms. The van der Waals surface area contributed by atoms with E-state index in [1.54, 1.807) is 32.4 Å². The molecule has 1 atom stereocenters. The fourth-order valence-corrected chi connectivity index (χ4v) is 4.67. The fraction of sp³-hybridized carbons (Fsp3) is 0.240. The van der Waals surface area contributed by atoms with Crippen molar-refractivity contribution in [1.29, 1.82) is 0 Å². The third-order valence-electron chi connectivity index (χ3n) is 5.66. The molecule has 166 valence electrons. The summed E-state index contributed by atoms with van der Waals surface area (Å²) in [5.74, 6) is 1.20. The number of para-hydroxylation sites is 1. The summed E-state index contributed by atoms with van der Waals surface area (Å²) in [7, 11) is 3.27. The van der Waals surface area contributed by atoms with Gasteiger partial charge >= 0.3 is 0 Å². The predicted molar refractivity (Wildman–Crippen MR) is 128 cm³/mol. The minimum atomic E-state index is -0.176. The molecular formula is C25H24Cl2N2O3. The Bertz CT molecular complexity index is 1100. The van der Waals surface area contributed by atoms with E-state index in [0.29, 0.717) is 33.8 Å². The third-order valence-corrected chi connectivity index (χ3v) is 6.29. The second-order valence-electron chi connectivity index (χ2n) is 7.58. The predicted octanol–water partition coefficient (Wildman–Crippen LogP) is 5.60. The third kappa shape index (κ3) is 4.56. The molecule has 3 aromatic rings. The highest BCUT2D eigenvalue weighted by atomic mass is 35.5. The van der Waals surface area contributed by atoms with E-state index in [1.165, 1.54) is 5.56 Å². The molecular weight excluding hydrogens is 447 g/mol. The number of hydrogen-bond acceptors (Lipinski definition) is 4. The van der Waals surface area contributed by atoms with Crippen LogP contribution in [-0.2, 0) is 11.2 Å². The Morgan fingerprint density at radius 1 is 1.00 bits per heavy atom. The zero-order valence-electron chi connectivity index (χ0n) is 17.9. The highest BCUT2D eigenvalue weighted by molar-refractivity contribution is 6.39. The number of ether oxygens (including phenoxy) is 2. The first-order valence-corrected chi connectivity index (χ1v) is 11.0. The molecule has 1 aliphatic heterocycles. The highest BCUT2D eigenvalue weighted by Crippen LogP contribution is 2.41. The molecule has 0 aliphatic carbocycles. The van der Waals surface area contributed by atoms with Crippen LogP contribution in [0.1, 0.15) is 22.7 Å². The first-order valence-electron chi connectivity index (χ1n) is 10.3. The number of anilines is 1. The summed E-state index contributed by atoms with van der Waals surface area (Å²) < 4.78 is 11.1. The Morgan fingerprint density at radius 2 is 1.66 bits per heavy atom. The van der Waals surface area contributed by atoms with Crippen LogP contribution in [0.2, 0.25) is 10.0 Å². The van der Waals surface area contributed by atoms with Gasteiger partial charge in [-0.1, -0.05) is 59.6 Å². The SMILES string of the molecule is COc1cc2c(cc1OC)[C@@H](c1ccccc1)N(CC(=O)Nc1c(Cl)cccc1Cl)CC2. The van der Waals surface area contributed by atoms with Gasteiger partial charge in [-0.05, 0) is 47.4 Å². The minimum Gasteiger partial charge on any atom is -0.493 e. The summed E-state index contributed by atoms with van der Waals surface area (Å²) >= 11 is 12.5. The van der Waals surface area contributed by atoms with Crippen molar-refractivity contribution >= 4 is 34.8 Å². The van der Waals surface area contributed by atoms with Crippen LogP contribution in [0.4, 0.5) is 5.69 Å². The number of benzene rings is 3. The van der Waals surface area contributed by atoms with Crippen molar-refractivity contribution in [3.8, 4) is 11.5 Å². The van der Waals surface area contributed by atoms with Gasteiger partial charge in [-0.3, -0.25) is 9.69 Å². The lowest BCUT2D eigenvalue weighted by molar-refractivity contribution is -0.117. The Morgan fingerprint density at radius 3 is 2.31 bits per heavy atom. The van der Waals surface area contributed by atoms with Crippen LogP contribution in [0, 0.1) is 0 Å². The highest BCUT2D eigenvalue weighted by Gasteiger charge is 2.31. The van der Waals surface area contributed by atoms with Crippen molar-refractivity contribution in [2.24, 2.45) is 0 Å². The molecule has 1 aliphatic rings. The molecule has 0 radical (unpaired) electrons. The van der Waals surface area contributed by atoms with Gasteiger partial charge in [-0.15, -0.1) is 0 Å². The summed E-state index contributed by atoms with van der Waals surface area (Å²) in [5, 5.41) is 3.69. The molecule has 0 saturated heterocycles. The van der Waals surface area contributed by atoms with E-state index in [1.807, 2.05) is 30.3 Å². The van der Waals surface area contributed by atoms with Crippen LogP contribution >= 0.6 is 23.2 Å². The van der Waals surface area contributed by atoms with Crippen LogP contribution in [0.25, 0.3) is 0 Å². The average Bonchev–Trinajstić information content (AvgIpc) is 2.81. The average molecular weight is 471 g/mol. The molecule has 0 saturated carbocycles. The fourth-order valence-electron chi connectivity index (χ4n) is 4.17. The molecule has 0 bridgehead atoms. The van der Waals surface area contributed by atoms with Gasteiger partial charge in [0.1, 0.15) is 0 Å². The van der Waals surface area contributed by atoms with Crippen LogP contribution < -0.4 is 14.8 Å². The molecule has 1 amide bonds. The molecule has 0 spiro atoms. The zero-order chi connectivity index (χ0) is 22.7. The Labute approximate surface area is 197 Å². The molecule has 4 rings (SSSR count). The number of hydrogen-bond donors (Lipinski definition) is 1. The summed E-state index contributed by atoms with van der Waals surface area (Å²) in [6, 6.07) is 19.2. The summed E-state index contributed by atoms with van der Waals surface area (Å²) in [6.45, 7) is 0.903. The minimum absolute atomic E-state index is 0.104. The van der Waals surface area contributed by atoms with E-state index in [-0.39, 0.29) is 18.5 Å². The summed E-state index contributed by atoms with van der Waals surface area (Å²) in [5.41, 5.74) is 3.82. The van der Waals surface area contributed by atoms with Crippen LogP contribution in [0.5, 0.6) is 11.5 Å².